The standard InChI is InChI=1S/C26H38N2/c1-27(17-5-3-6-18-27)21-23-9-13-25(14-10-23)26-15-11-24(12-16-26)22-28(2)19-7-4-8-20-28/h9-16H,3-8,17-22H2,1-2H3/q+2. The van der Waals surface area contributed by atoms with Crippen molar-refractivity contribution in [2.24, 2.45) is 0 Å². The average molecular weight is 379 g/mol. The first-order chi connectivity index (χ1) is 13.5. The van der Waals surface area contributed by atoms with Crippen molar-refractivity contribution in [2.75, 3.05) is 40.3 Å². The molecule has 2 aliphatic heterocycles. The lowest BCUT2D eigenvalue weighted by Crippen LogP contribution is -2.46. The van der Waals surface area contributed by atoms with Crippen LogP contribution in [0.3, 0.4) is 0 Å². The Labute approximate surface area is 172 Å². The molecular weight excluding hydrogens is 340 g/mol. The third kappa shape index (κ3) is 4.85. The van der Waals surface area contributed by atoms with Crippen molar-refractivity contribution in [3.05, 3.63) is 59.7 Å². The molecule has 0 unspecified atom stereocenters. The number of hydrogen-bond donors (Lipinski definition) is 0. The van der Waals surface area contributed by atoms with E-state index in [-0.39, 0.29) is 0 Å². The number of quaternary nitrogens is 2. The molecule has 2 heteroatoms. The molecule has 0 radical (unpaired) electrons. The van der Waals surface area contributed by atoms with E-state index < -0.39 is 0 Å². The highest BCUT2D eigenvalue weighted by Crippen LogP contribution is 2.25. The molecule has 0 aliphatic carbocycles. The minimum Gasteiger partial charge on any atom is -0.322 e. The van der Waals surface area contributed by atoms with Gasteiger partial charge in [0.25, 0.3) is 0 Å². The first-order valence-electron chi connectivity index (χ1n) is 11.4. The van der Waals surface area contributed by atoms with Crippen LogP contribution in [0.25, 0.3) is 11.1 Å². The normalized spacial score (nSPS) is 21.4. The number of nitrogens with zero attached hydrogens (tertiary/aromatic N) is 2. The Morgan fingerprint density at radius 1 is 0.500 bits per heavy atom. The smallest absolute Gasteiger partial charge is 0.104 e. The molecule has 2 saturated heterocycles. The summed E-state index contributed by atoms with van der Waals surface area (Å²) in [5.41, 5.74) is 5.64. The molecule has 150 valence electrons. The number of hydrogen-bond acceptors (Lipinski definition) is 0. The number of piperidine rings is 2. The van der Waals surface area contributed by atoms with Crippen molar-refractivity contribution in [2.45, 2.75) is 51.6 Å². The van der Waals surface area contributed by atoms with E-state index in [0.29, 0.717) is 0 Å². The van der Waals surface area contributed by atoms with E-state index in [0.717, 1.165) is 0 Å². The van der Waals surface area contributed by atoms with E-state index >= 15 is 0 Å². The minimum atomic E-state index is 1.18. The minimum absolute atomic E-state index is 1.18. The Bertz CT molecular complexity index is 681. The van der Waals surface area contributed by atoms with Gasteiger partial charge in [-0.1, -0.05) is 48.5 Å². The highest BCUT2D eigenvalue weighted by atomic mass is 15.3. The summed E-state index contributed by atoms with van der Waals surface area (Å²) in [7, 11) is 4.86. The predicted molar refractivity (Wildman–Crippen MR) is 119 cm³/mol. The summed E-state index contributed by atoms with van der Waals surface area (Å²) >= 11 is 0. The summed E-state index contributed by atoms with van der Waals surface area (Å²) in [4.78, 5) is 0. The lowest BCUT2D eigenvalue weighted by molar-refractivity contribution is -0.926. The monoisotopic (exact) mass is 378 g/mol. The van der Waals surface area contributed by atoms with Crippen molar-refractivity contribution in [3.8, 4) is 11.1 Å². The Morgan fingerprint density at radius 2 is 0.821 bits per heavy atom. The second-order valence-electron chi connectivity index (χ2n) is 9.96. The molecule has 2 aliphatic rings. The SMILES string of the molecule is C[N+]1(Cc2ccc(-c3ccc(C[N+]4(C)CCCCC4)cc3)cc2)CCCCC1. The zero-order chi connectivity index (χ0) is 19.5. The maximum absolute atomic E-state index is 2.43. The summed E-state index contributed by atoms with van der Waals surface area (Å²) in [5, 5.41) is 0. The summed E-state index contributed by atoms with van der Waals surface area (Å²) in [6, 6.07) is 18.7. The zero-order valence-electron chi connectivity index (χ0n) is 18.0. The molecule has 0 spiro atoms. The molecule has 2 aromatic rings. The van der Waals surface area contributed by atoms with Crippen molar-refractivity contribution in [1.29, 1.82) is 0 Å². The van der Waals surface area contributed by atoms with Gasteiger partial charge in [0, 0.05) is 11.1 Å². The van der Waals surface area contributed by atoms with Crippen LogP contribution in [0.1, 0.15) is 49.7 Å². The van der Waals surface area contributed by atoms with Gasteiger partial charge in [0.05, 0.1) is 40.3 Å². The van der Waals surface area contributed by atoms with Crippen LogP contribution >= 0.6 is 0 Å². The third-order valence-electron chi connectivity index (χ3n) is 7.16. The van der Waals surface area contributed by atoms with Gasteiger partial charge < -0.3 is 8.97 Å². The molecule has 0 bridgehead atoms. The van der Waals surface area contributed by atoms with E-state index in [4.69, 9.17) is 0 Å². The van der Waals surface area contributed by atoms with Crippen molar-refractivity contribution in [3.63, 3.8) is 0 Å². The van der Waals surface area contributed by atoms with Gasteiger partial charge in [0.1, 0.15) is 13.1 Å². The second kappa shape index (κ2) is 8.39. The molecular formula is C26H38N2+2. The molecule has 0 N–H and O–H groups in total. The highest BCUT2D eigenvalue weighted by Gasteiger charge is 2.25. The summed E-state index contributed by atoms with van der Waals surface area (Å²) < 4.78 is 2.43. The van der Waals surface area contributed by atoms with Gasteiger partial charge in [-0.25, -0.2) is 0 Å². The molecule has 2 aromatic carbocycles. The Kier molecular flexibility index (Phi) is 5.89. The first kappa shape index (κ1) is 19.7. The lowest BCUT2D eigenvalue weighted by Gasteiger charge is -2.38. The number of rotatable bonds is 5. The largest absolute Gasteiger partial charge is 0.322 e. The van der Waals surface area contributed by atoms with Gasteiger partial charge in [0.15, 0.2) is 0 Å². The average Bonchev–Trinajstić information content (AvgIpc) is 2.70. The summed E-state index contributed by atoms with van der Waals surface area (Å²) in [6.07, 6.45) is 8.39. The van der Waals surface area contributed by atoms with Crippen LogP contribution in [0.2, 0.25) is 0 Å². The van der Waals surface area contributed by atoms with E-state index in [2.05, 4.69) is 62.6 Å². The Balaban J connectivity index is 1.40. The topological polar surface area (TPSA) is 0 Å². The highest BCUT2D eigenvalue weighted by molar-refractivity contribution is 5.63. The van der Waals surface area contributed by atoms with E-state index in [1.807, 2.05) is 0 Å². The summed E-state index contributed by atoms with van der Waals surface area (Å²) in [6.45, 7) is 7.69. The maximum Gasteiger partial charge on any atom is 0.104 e. The molecule has 0 aromatic heterocycles. The molecule has 0 amide bonds. The van der Waals surface area contributed by atoms with Crippen LogP contribution in [0.15, 0.2) is 48.5 Å². The molecule has 0 atom stereocenters. The van der Waals surface area contributed by atoms with Gasteiger partial charge in [-0.15, -0.1) is 0 Å². The van der Waals surface area contributed by atoms with Crippen LogP contribution in [-0.2, 0) is 13.1 Å². The Hall–Kier alpha value is -1.64. The predicted octanol–water partition coefficient (Wildman–Crippen LogP) is 5.61. The summed E-state index contributed by atoms with van der Waals surface area (Å²) in [5.74, 6) is 0. The second-order valence-corrected chi connectivity index (χ2v) is 9.96. The Morgan fingerprint density at radius 3 is 1.14 bits per heavy atom. The van der Waals surface area contributed by atoms with Gasteiger partial charge >= 0.3 is 0 Å². The molecule has 4 rings (SSSR count). The van der Waals surface area contributed by atoms with Gasteiger partial charge in [0.2, 0.25) is 0 Å². The van der Waals surface area contributed by atoms with Crippen LogP contribution in [0, 0.1) is 0 Å². The molecule has 2 fully saturated rings. The molecule has 2 heterocycles. The third-order valence-corrected chi connectivity index (χ3v) is 7.16. The van der Waals surface area contributed by atoms with Crippen molar-refractivity contribution >= 4 is 0 Å². The zero-order valence-corrected chi connectivity index (χ0v) is 18.0. The van der Waals surface area contributed by atoms with Crippen LogP contribution in [0.5, 0.6) is 0 Å². The lowest BCUT2D eigenvalue weighted by atomic mass is 10.0. The van der Waals surface area contributed by atoms with E-state index in [1.54, 1.807) is 0 Å². The van der Waals surface area contributed by atoms with Crippen LogP contribution in [-0.4, -0.2) is 49.2 Å². The van der Waals surface area contributed by atoms with Gasteiger partial charge in [-0.3, -0.25) is 0 Å². The fourth-order valence-corrected chi connectivity index (χ4v) is 5.35. The van der Waals surface area contributed by atoms with E-state index in [1.165, 1.54) is 109 Å². The first-order valence-corrected chi connectivity index (χ1v) is 11.4. The molecule has 0 saturated carbocycles. The van der Waals surface area contributed by atoms with Gasteiger partial charge in [-0.05, 0) is 49.7 Å². The fourth-order valence-electron chi connectivity index (χ4n) is 5.35. The van der Waals surface area contributed by atoms with E-state index in [9.17, 15) is 0 Å². The van der Waals surface area contributed by atoms with Crippen LogP contribution in [0.4, 0.5) is 0 Å². The van der Waals surface area contributed by atoms with Crippen molar-refractivity contribution in [1.82, 2.24) is 0 Å². The van der Waals surface area contributed by atoms with Crippen molar-refractivity contribution < 1.29 is 8.97 Å². The fraction of sp³-hybridized carbons (Fsp3) is 0.538. The molecule has 2 nitrogen and oxygen atoms in total. The molecule has 28 heavy (non-hydrogen) atoms. The number of likely N-dealkylation sites (tertiary alicyclic amines) is 2. The van der Waals surface area contributed by atoms with Gasteiger partial charge in [-0.2, -0.15) is 0 Å². The quantitative estimate of drug-likeness (QED) is 0.593. The maximum atomic E-state index is 2.43. The number of benzene rings is 2. The van der Waals surface area contributed by atoms with Crippen LogP contribution < -0.4 is 0 Å².